The average Bonchev–Trinajstić information content (AvgIpc) is 2.80. The maximum atomic E-state index is 9.16. The molecule has 4 heteroatoms. The van der Waals surface area contributed by atoms with E-state index in [1.807, 2.05) is 0 Å². The van der Waals surface area contributed by atoms with Crippen molar-refractivity contribution in [2.75, 3.05) is 6.61 Å². The summed E-state index contributed by atoms with van der Waals surface area (Å²) in [6, 6.07) is 0.448. The molecule has 2 aliphatic carbocycles. The standard InChI is InChI=1S/C9H17N3O/c10-8(11-7-2-3-7)12-9(6-13)4-1-5-9/h7,13H,1-6H2,(H3,10,11,12). The molecule has 0 aliphatic heterocycles. The molecule has 0 unspecified atom stereocenters. The van der Waals surface area contributed by atoms with Gasteiger partial charge in [-0.15, -0.1) is 0 Å². The Kier molecular flexibility index (Phi) is 2.15. The lowest BCUT2D eigenvalue weighted by atomic mass is 9.77. The maximum absolute atomic E-state index is 9.16. The second kappa shape index (κ2) is 3.18. The van der Waals surface area contributed by atoms with Crippen LogP contribution in [0.25, 0.3) is 0 Å². The second-order valence-electron chi connectivity index (χ2n) is 4.16. The van der Waals surface area contributed by atoms with Gasteiger partial charge >= 0.3 is 0 Å². The van der Waals surface area contributed by atoms with Crippen molar-refractivity contribution in [3.63, 3.8) is 0 Å². The highest BCUT2D eigenvalue weighted by atomic mass is 16.3. The fraction of sp³-hybridized carbons (Fsp3) is 0.889. The summed E-state index contributed by atoms with van der Waals surface area (Å²) in [6.07, 6.45) is 5.50. The quantitative estimate of drug-likeness (QED) is 0.425. The Morgan fingerprint density at radius 1 is 1.54 bits per heavy atom. The van der Waals surface area contributed by atoms with Gasteiger partial charge in [-0.05, 0) is 32.1 Å². The van der Waals surface area contributed by atoms with Crippen molar-refractivity contribution in [2.24, 2.45) is 10.7 Å². The molecule has 13 heavy (non-hydrogen) atoms. The van der Waals surface area contributed by atoms with E-state index in [-0.39, 0.29) is 12.1 Å². The van der Waals surface area contributed by atoms with Crippen LogP contribution in [0.5, 0.6) is 0 Å². The van der Waals surface area contributed by atoms with E-state index in [0.717, 1.165) is 25.7 Å². The van der Waals surface area contributed by atoms with Crippen molar-refractivity contribution in [1.82, 2.24) is 5.32 Å². The van der Waals surface area contributed by atoms with Gasteiger partial charge in [-0.3, -0.25) is 4.99 Å². The minimum absolute atomic E-state index is 0.150. The van der Waals surface area contributed by atoms with Crippen LogP contribution in [0.3, 0.4) is 0 Å². The Bertz CT molecular complexity index is 213. The molecule has 2 saturated carbocycles. The summed E-state index contributed by atoms with van der Waals surface area (Å²) in [7, 11) is 0. The molecular weight excluding hydrogens is 166 g/mol. The number of guanidine groups is 1. The summed E-state index contributed by atoms with van der Waals surface area (Å²) in [5.74, 6) is 0.510. The van der Waals surface area contributed by atoms with Crippen LogP contribution in [0.15, 0.2) is 4.99 Å². The summed E-state index contributed by atoms with van der Waals surface area (Å²) in [5.41, 5.74) is 5.56. The van der Waals surface area contributed by atoms with E-state index in [1.54, 1.807) is 0 Å². The summed E-state index contributed by atoms with van der Waals surface area (Å²) in [6.45, 7) is 0.161. The Morgan fingerprint density at radius 2 is 2.23 bits per heavy atom. The van der Waals surface area contributed by atoms with Crippen LogP contribution in [0.4, 0.5) is 0 Å². The third kappa shape index (κ3) is 1.94. The minimum Gasteiger partial charge on any atom is -0.394 e. The van der Waals surface area contributed by atoms with E-state index in [0.29, 0.717) is 12.0 Å². The lowest BCUT2D eigenvalue weighted by Crippen LogP contribution is -2.58. The second-order valence-corrected chi connectivity index (χ2v) is 4.16. The van der Waals surface area contributed by atoms with Gasteiger partial charge in [-0.25, -0.2) is 0 Å². The summed E-state index contributed by atoms with van der Waals surface area (Å²) >= 11 is 0. The van der Waals surface area contributed by atoms with Gasteiger partial charge in [0.15, 0.2) is 5.96 Å². The largest absolute Gasteiger partial charge is 0.394 e. The van der Waals surface area contributed by atoms with E-state index in [4.69, 9.17) is 10.8 Å². The van der Waals surface area contributed by atoms with Crippen LogP contribution >= 0.6 is 0 Å². The summed E-state index contributed by atoms with van der Waals surface area (Å²) in [5, 5.41) is 12.3. The van der Waals surface area contributed by atoms with Crippen molar-refractivity contribution in [2.45, 2.75) is 43.7 Å². The number of nitrogens with two attached hydrogens (primary N) is 1. The fourth-order valence-corrected chi connectivity index (χ4v) is 1.63. The third-order valence-corrected chi connectivity index (χ3v) is 2.88. The molecule has 0 bridgehead atoms. The lowest BCUT2D eigenvalue weighted by molar-refractivity contribution is 0.107. The van der Waals surface area contributed by atoms with E-state index in [1.165, 1.54) is 6.42 Å². The first kappa shape index (κ1) is 8.81. The molecule has 0 radical (unpaired) electrons. The first-order valence-electron chi connectivity index (χ1n) is 4.96. The van der Waals surface area contributed by atoms with Crippen LogP contribution in [-0.4, -0.2) is 29.3 Å². The SMILES string of the molecule is NC(=NC1CC1)NC1(CO)CCC1. The van der Waals surface area contributed by atoms with Gasteiger partial charge in [0.25, 0.3) is 0 Å². The number of hydrogen-bond acceptors (Lipinski definition) is 2. The first-order chi connectivity index (χ1) is 6.24. The van der Waals surface area contributed by atoms with Gasteiger partial charge < -0.3 is 16.2 Å². The number of hydrogen-bond donors (Lipinski definition) is 3. The fourth-order valence-electron chi connectivity index (χ4n) is 1.63. The van der Waals surface area contributed by atoms with Crippen molar-refractivity contribution in [3.8, 4) is 0 Å². The molecule has 0 saturated heterocycles. The number of aliphatic imine (C=N–C) groups is 1. The number of aliphatic hydroxyl groups excluding tert-OH is 1. The van der Waals surface area contributed by atoms with Crippen molar-refractivity contribution in [3.05, 3.63) is 0 Å². The molecule has 4 N–H and O–H groups in total. The van der Waals surface area contributed by atoms with Crippen molar-refractivity contribution in [1.29, 1.82) is 0 Å². The molecule has 0 spiro atoms. The topological polar surface area (TPSA) is 70.6 Å². The molecule has 0 heterocycles. The minimum atomic E-state index is -0.150. The molecule has 0 aromatic carbocycles. The van der Waals surface area contributed by atoms with Crippen LogP contribution in [0.1, 0.15) is 32.1 Å². The summed E-state index contributed by atoms with van der Waals surface area (Å²) < 4.78 is 0. The highest BCUT2D eigenvalue weighted by Crippen LogP contribution is 2.31. The molecular formula is C9H17N3O. The Morgan fingerprint density at radius 3 is 2.62 bits per heavy atom. The highest BCUT2D eigenvalue weighted by molar-refractivity contribution is 5.79. The molecule has 0 amide bonds. The van der Waals surface area contributed by atoms with Gasteiger partial charge in [-0.2, -0.15) is 0 Å². The van der Waals surface area contributed by atoms with Crippen LogP contribution in [0, 0.1) is 0 Å². The molecule has 0 aromatic rings. The zero-order chi connectivity index (χ0) is 9.31. The number of nitrogens with zero attached hydrogens (tertiary/aromatic N) is 1. The zero-order valence-corrected chi connectivity index (χ0v) is 7.79. The van der Waals surface area contributed by atoms with Gasteiger partial charge in [0.2, 0.25) is 0 Å². The molecule has 74 valence electrons. The summed E-state index contributed by atoms with van der Waals surface area (Å²) in [4.78, 5) is 4.28. The third-order valence-electron chi connectivity index (χ3n) is 2.88. The predicted octanol–water partition coefficient (Wildman–Crippen LogP) is -0.0319. The van der Waals surface area contributed by atoms with Crippen LogP contribution in [0.2, 0.25) is 0 Å². The molecule has 0 aromatic heterocycles. The average molecular weight is 183 g/mol. The predicted molar refractivity (Wildman–Crippen MR) is 51.4 cm³/mol. The van der Waals surface area contributed by atoms with Crippen molar-refractivity contribution >= 4 is 5.96 Å². The monoisotopic (exact) mass is 183 g/mol. The van der Waals surface area contributed by atoms with Gasteiger partial charge in [0, 0.05) is 0 Å². The van der Waals surface area contributed by atoms with E-state index in [9.17, 15) is 0 Å². The van der Waals surface area contributed by atoms with Gasteiger partial charge in [0.05, 0.1) is 18.2 Å². The van der Waals surface area contributed by atoms with E-state index >= 15 is 0 Å². The maximum Gasteiger partial charge on any atom is 0.189 e. The highest BCUT2D eigenvalue weighted by Gasteiger charge is 2.37. The molecule has 2 aliphatic rings. The van der Waals surface area contributed by atoms with Gasteiger partial charge in [0.1, 0.15) is 0 Å². The van der Waals surface area contributed by atoms with Crippen LogP contribution in [-0.2, 0) is 0 Å². The smallest absolute Gasteiger partial charge is 0.189 e. The molecule has 4 nitrogen and oxygen atoms in total. The number of rotatable bonds is 3. The normalized spacial score (nSPS) is 26.7. The van der Waals surface area contributed by atoms with Crippen molar-refractivity contribution < 1.29 is 5.11 Å². The Balaban J connectivity index is 1.87. The Labute approximate surface area is 78.2 Å². The molecule has 0 atom stereocenters. The van der Waals surface area contributed by atoms with Gasteiger partial charge in [-0.1, -0.05) is 0 Å². The lowest BCUT2D eigenvalue weighted by Gasteiger charge is -2.41. The molecule has 2 rings (SSSR count). The van der Waals surface area contributed by atoms with Crippen LogP contribution < -0.4 is 11.1 Å². The van der Waals surface area contributed by atoms with E-state index in [2.05, 4.69) is 10.3 Å². The number of aliphatic hydroxyl groups is 1. The Hall–Kier alpha value is -0.770. The zero-order valence-electron chi connectivity index (χ0n) is 7.79. The molecule has 2 fully saturated rings. The van der Waals surface area contributed by atoms with E-state index < -0.39 is 0 Å². The number of nitrogens with one attached hydrogen (secondary N) is 1. The first-order valence-corrected chi connectivity index (χ1v) is 4.96.